The highest BCUT2D eigenvalue weighted by Gasteiger charge is 2.10. The van der Waals surface area contributed by atoms with Crippen molar-refractivity contribution in [1.82, 2.24) is 5.43 Å². The molecule has 0 unspecified atom stereocenters. The van der Waals surface area contributed by atoms with Gasteiger partial charge in [0.25, 0.3) is 5.91 Å². The van der Waals surface area contributed by atoms with Gasteiger partial charge in [-0.05, 0) is 43.0 Å². The van der Waals surface area contributed by atoms with E-state index in [-0.39, 0.29) is 12.5 Å². The van der Waals surface area contributed by atoms with Gasteiger partial charge in [-0.2, -0.15) is 10.4 Å². The molecule has 1 N–H and O–H groups in total. The van der Waals surface area contributed by atoms with Gasteiger partial charge in [-0.25, -0.2) is 5.43 Å². The van der Waals surface area contributed by atoms with Crippen LogP contribution in [0.25, 0.3) is 0 Å². The SMILES string of the molecule is N#Cc1ccc(OCC(=O)N/N=C/C2CCCCC2)cc1. The van der Waals surface area contributed by atoms with E-state index >= 15 is 0 Å². The summed E-state index contributed by atoms with van der Waals surface area (Å²) >= 11 is 0. The molecule has 0 spiro atoms. The van der Waals surface area contributed by atoms with Crippen LogP contribution in [0.4, 0.5) is 0 Å². The van der Waals surface area contributed by atoms with Gasteiger partial charge >= 0.3 is 0 Å². The Bertz CT molecular complexity index is 525. The van der Waals surface area contributed by atoms with E-state index in [0.717, 1.165) is 12.8 Å². The van der Waals surface area contributed by atoms with Gasteiger partial charge in [0.05, 0.1) is 11.6 Å². The summed E-state index contributed by atoms with van der Waals surface area (Å²) in [5.41, 5.74) is 3.04. The number of hydrazone groups is 1. The molecule has 1 fully saturated rings. The Morgan fingerprint density at radius 2 is 2.05 bits per heavy atom. The number of amides is 1. The summed E-state index contributed by atoms with van der Waals surface area (Å²) < 4.78 is 5.31. The van der Waals surface area contributed by atoms with Crippen molar-refractivity contribution in [3.63, 3.8) is 0 Å². The smallest absolute Gasteiger partial charge is 0.277 e. The highest BCUT2D eigenvalue weighted by molar-refractivity contribution is 5.78. The van der Waals surface area contributed by atoms with Gasteiger partial charge in [0.2, 0.25) is 0 Å². The van der Waals surface area contributed by atoms with Crippen LogP contribution in [0, 0.1) is 17.2 Å². The lowest BCUT2D eigenvalue weighted by molar-refractivity contribution is -0.123. The minimum Gasteiger partial charge on any atom is -0.484 e. The van der Waals surface area contributed by atoms with Crippen LogP contribution in [0.1, 0.15) is 37.7 Å². The zero-order chi connectivity index (χ0) is 14.9. The standard InChI is InChI=1S/C16H19N3O2/c17-10-13-6-8-15(9-7-13)21-12-16(20)19-18-11-14-4-2-1-3-5-14/h6-9,11,14H,1-5,12H2,(H,19,20)/b18-11+. The summed E-state index contributed by atoms with van der Waals surface area (Å²) in [4.78, 5) is 11.6. The molecule has 110 valence electrons. The summed E-state index contributed by atoms with van der Waals surface area (Å²) in [6, 6.07) is 8.65. The number of nitrogens with one attached hydrogen (secondary N) is 1. The van der Waals surface area contributed by atoms with Crippen molar-refractivity contribution in [3.05, 3.63) is 29.8 Å². The van der Waals surface area contributed by atoms with E-state index in [9.17, 15) is 4.79 Å². The molecule has 0 aliphatic heterocycles. The van der Waals surface area contributed by atoms with Gasteiger partial charge in [0.1, 0.15) is 5.75 Å². The van der Waals surface area contributed by atoms with E-state index in [0.29, 0.717) is 17.2 Å². The van der Waals surface area contributed by atoms with E-state index in [4.69, 9.17) is 10.00 Å². The number of hydrogen-bond donors (Lipinski definition) is 1. The monoisotopic (exact) mass is 285 g/mol. The van der Waals surface area contributed by atoms with E-state index in [1.54, 1.807) is 24.3 Å². The van der Waals surface area contributed by atoms with Crippen molar-refractivity contribution in [3.8, 4) is 11.8 Å². The predicted octanol–water partition coefficient (Wildman–Crippen LogP) is 2.62. The average molecular weight is 285 g/mol. The average Bonchev–Trinajstić information content (AvgIpc) is 2.54. The highest BCUT2D eigenvalue weighted by Crippen LogP contribution is 2.21. The van der Waals surface area contributed by atoms with Crippen molar-refractivity contribution < 1.29 is 9.53 Å². The molecular weight excluding hydrogens is 266 g/mol. The Labute approximate surface area is 124 Å². The number of benzene rings is 1. The molecule has 1 aromatic carbocycles. The summed E-state index contributed by atoms with van der Waals surface area (Å²) in [6.45, 7) is -0.0894. The van der Waals surface area contributed by atoms with Crippen LogP contribution in [0.3, 0.4) is 0 Å². The Balaban J connectivity index is 1.69. The fraction of sp³-hybridized carbons (Fsp3) is 0.438. The number of ether oxygens (including phenoxy) is 1. The van der Waals surface area contributed by atoms with Gasteiger partial charge in [-0.1, -0.05) is 19.3 Å². The number of carbonyl (C=O) groups excluding carboxylic acids is 1. The molecule has 0 aromatic heterocycles. The fourth-order valence-electron chi connectivity index (χ4n) is 2.30. The van der Waals surface area contributed by atoms with Crippen LogP contribution in [0.2, 0.25) is 0 Å². The second-order valence-electron chi connectivity index (χ2n) is 5.14. The van der Waals surface area contributed by atoms with E-state index in [1.807, 2.05) is 12.3 Å². The zero-order valence-corrected chi connectivity index (χ0v) is 11.9. The number of nitriles is 1. The molecule has 1 aliphatic carbocycles. The van der Waals surface area contributed by atoms with E-state index in [2.05, 4.69) is 10.5 Å². The molecular formula is C16H19N3O2. The van der Waals surface area contributed by atoms with Crippen molar-refractivity contribution in [2.75, 3.05) is 6.61 Å². The van der Waals surface area contributed by atoms with Crippen LogP contribution < -0.4 is 10.2 Å². The van der Waals surface area contributed by atoms with Gasteiger partial charge in [0, 0.05) is 6.21 Å². The lowest BCUT2D eigenvalue weighted by Crippen LogP contribution is -2.25. The van der Waals surface area contributed by atoms with Gasteiger partial charge in [-0.15, -0.1) is 0 Å². The zero-order valence-electron chi connectivity index (χ0n) is 11.9. The lowest BCUT2D eigenvalue weighted by Gasteiger charge is -2.16. The molecule has 0 heterocycles. The Morgan fingerprint density at radius 3 is 2.71 bits per heavy atom. The molecule has 0 radical (unpaired) electrons. The molecule has 5 nitrogen and oxygen atoms in total. The number of carbonyl (C=O) groups is 1. The van der Waals surface area contributed by atoms with Gasteiger partial charge < -0.3 is 4.74 Å². The predicted molar refractivity (Wildman–Crippen MR) is 79.9 cm³/mol. The van der Waals surface area contributed by atoms with E-state index < -0.39 is 0 Å². The minimum atomic E-state index is -0.286. The molecule has 1 amide bonds. The van der Waals surface area contributed by atoms with Gasteiger partial charge in [-0.3, -0.25) is 4.79 Å². The van der Waals surface area contributed by atoms with Crippen molar-refractivity contribution in [2.45, 2.75) is 32.1 Å². The quantitative estimate of drug-likeness (QED) is 0.667. The van der Waals surface area contributed by atoms with Crippen LogP contribution in [-0.2, 0) is 4.79 Å². The Hall–Kier alpha value is -2.35. The first kappa shape index (κ1) is 15.0. The third kappa shape index (κ3) is 5.27. The largest absolute Gasteiger partial charge is 0.484 e. The second kappa shape index (κ2) is 8.05. The molecule has 0 atom stereocenters. The Morgan fingerprint density at radius 1 is 1.33 bits per heavy atom. The molecule has 0 bridgehead atoms. The molecule has 0 saturated heterocycles. The third-order valence-electron chi connectivity index (χ3n) is 3.48. The van der Waals surface area contributed by atoms with Crippen LogP contribution >= 0.6 is 0 Å². The fourth-order valence-corrected chi connectivity index (χ4v) is 2.30. The van der Waals surface area contributed by atoms with Crippen molar-refractivity contribution in [1.29, 1.82) is 5.26 Å². The maximum absolute atomic E-state index is 11.6. The van der Waals surface area contributed by atoms with Crippen molar-refractivity contribution in [2.24, 2.45) is 11.0 Å². The molecule has 5 heteroatoms. The van der Waals surface area contributed by atoms with Crippen molar-refractivity contribution >= 4 is 12.1 Å². The molecule has 1 saturated carbocycles. The first-order chi connectivity index (χ1) is 10.3. The first-order valence-corrected chi connectivity index (χ1v) is 7.23. The first-order valence-electron chi connectivity index (χ1n) is 7.23. The summed E-state index contributed by atoms with van der Waals surface area (Å²) in [6.07, 6.45) is 7.93. The summed E-state index contributed by atoms with van der Waals surface area (Å²) in [5.74, 6) is 0.755. The van der Waals surface area contributed by atoms with E-state index in [1.165, 1.54) is 19.3 Å². The van der Waals surface area contributed by atoms with Crippen LogP contribution in [-0.4, -0.2) is 18.7 Å². The topological polar surface area (TPSA) is 74.5 Å². The normalized spacial score (nSPS) is 15.6. The highest BCUT2D eigenvalue weighted by atomic mass is 16.5. The Kier molecular flexibility index (Phi) is 5.77. The molecule has 1 aliphatic rings. The number of hydrogen-bond acceptors (Lipinski definition) is 4. The maximum Gasteiger partial charge on any atom is 0.277 e. The summed E-state index contributed by atoms with van der Waals surface area (Å²) in [7, 11) is 0. The number of rotatable bonds is 5. The van der Waals surface area contributed by atoms with Crippen LogP contribution in [0.5, 0.6) is 5.75 Å². The molecule has 1 aromatic rings. The molecule has 2 rings (SSSR count). The lowest BCUT2D eigenvalue weighted by atomic mass is 9.90. The number of nitrogens with zero attached hydrogens (tertiary/aromatic N) is 2. The minimum absolute atomic E-state index is 0.0894. The van der Waals surface area contributed by atoms with Crippen LogP contribution in [0.15, 0.2) is 29.4 Å². The third-order valence-corrected chi connectivity index (χ3v) is 3.48. The second-order valence-corrected chi connectivity index (χ2v) is 5.14. The summed E-state index contributed by atoms with van der Waals surface area (Å²) in [5, 5.41) is 12.7. The van der Waals surface area contributed by atoms with Gasteiger partial charge in [0.15, 0.2) is 6.61 Å². The molecule has 21 heavy (non-hydrogen) atoms. The maximum atomic E-state index is 11.6.